The molecule has 0 fully saturated rings. The van der Waals surface area contributed by atoms with Gasteiger partial charge in [-0.2, -0.15) is 0 Å². The molecule has 0 heterocycles. The van der Waals surface area contributed by atoms with Crippen LogP contribution in [0.5, 0.6) is 0 Å². The van der Waals surface area contributed by atoms with Crippen LogP contribution >= 0.6 is 0 Å². The zero-order valence-electron chi connectivity index (χ0n) is 12.2. The fraction of sp³-hybridized carbons (Fsp3) is 0.533. The number of nitrogens with zero attached hydrogens (tertiary/aromatic N) is 2. The molecule has 1 aromatic rings. The van der Waals surface area contributed by atoms with Gasteiger partial charge >= 0.3 is 0 Å². The lowest BCUT2D eigenvalue weighted by Crippen LogP contribution is -2.28. The first-order chi connectivity index (χ1) is 9.06. The van der Waals surface area contributed by atoms with Gasteiger partial charge in [-0.1, -0.05) is 19.1 Å². The van der Waals surface area contributed by atoms with Gasteiger partial charge in [-0.15, -0.1) is 0 Å². The molecule has 1 amide bonds. The molecule has 0 aliphatic heterocycles. The lowest BCUT2D eigenvalue weighted by atomic mass is 10.2. The molecule has 4 nitrogen and oxygen atoms in total. The third-order valence-corrected chi connectivity index (χ3v) is 3.09. The van der Waals surface area contributed by atoms with E-state index in [1.165, 1.54) is 0 Å². The SMILES string of the molecule is CCCN(CCCC(=O)N(C)C)c1ccccc1N. The lowest BCUT2D eigenvalue weighted by Gasteiger charge is -2.25. The number of carbonyl (C=O) groups is 1. The van der Waals surface area contributed by atoms with Crippen LogP contribution in [-0.4, -0.2) is 38.0 Å². The Bertz CT molecular complexity index is 404. The van der Waals surface area contributed by atoms with E-state index in [1.807, 2.05) is 24.3 Å². The zero-order chi connectivity index (χ0) is 14.3. The molecule has 1 aromatic carbocycles. The van der Waals surface area contributed by atoms with E-state index in [0.717, 1.165) is 37.3 Å². The fourth-order valence-electron chi connectivity index (χ4n) is 2.04. The van der Waals surface area contributed by atoms with Crippen molar-refractivity contribution in [2.75, 3.05) is 37.8 Å². The van der Waals surface area contributed by atoms with Gasteiger partial charge in [0.1, 0.15) is 0 Å². The van der Waals surface area contributed by atoms with Gasteiger partial charge in [-0.3, -0.25) is 4.79 Å². The minimum absolute atomic E-state index is 0.178. The van der Waals surface area contributed by atoms with Gasteiger partial charge in [0.2, 0.25) is 5.91 Å². The van der Waals surface area contributed by atoms with E-state index in [1.54, 1.807) is 19.0 Å². The Morgan fingerprint density at radius 2 is 1.89 bits per heavy atom. The Morgan fingerprint density at radius 3 is 2.47 bits per heavy atom. The second-order valence-corrected chi connectivity index (χ2v) is 4.94. The van der Waals surface area contributed by atoms with Crippen molar-refractivity contribution < 1.29 is 4.79 Å². The Kier molecular flexibility index (Phi) is 6.19. The third-order valence-electron chi connectivity index (χ3n) is 3.09. The summed E-state index contributed by atoms with van der Waals surface area (Å²) in [5.41, 5.74) is 7.89. The molecule has 0 aliphatic rings. The number of nitrogens with two attached hydrogens (primary N) is 1. The first-order valence-corrected chi connectivity index (χ1v) is 6.85. The summed E-state index contributed by atoms with van der Waals surface area (Å²) in [6, 6.07) is 7.90. The highest BCUT2D eigenvalue weighted by molar-refractivity contribution is 5.75. The Hall–Kier alpha value is -1.71. The molecule has 0 unspecified atom stereocenters. The predicted octanol–water partition coefficient (Wildman–Crippen LogP) is 2.35. The van der Waals surface area contributed by atoms with Crippen molar-refractivity contribution in [2.24, 2.45) is 0 Å². The average Bonchev–Trinajstić information content (AvgIpc) is 2.38. The first-order valence-electron chi connectivity index (χ1n) is 6.85. The summed E-state index contributed by atoms with van der Waals surface area (Å²) in [5.74, 6) is 0.178. The topological polar surface area (TPSA) is 49.6 Å². The summed E-state index contributed by atoms with van der Waals surface area (Å²) >= 11 is 0. The number of para-hydroxylation sites is 2. The third kappa shape index (κ3) is 4.81. The molecule has 106 valence electrons. The molecule has 0 aromatic heterocycles. The summed E-state index contributed by atoms with van der Waals surface area (Å²) in [6.07, 6.45) is 2.50. The van der Waals surface area contributed by atoms with Crippen LogP contribution in [0, 0.1) is 0 Å². The van der Waals surface area contributed by atoms with E-state index in [0.29, 0.717) is 6.42 Å². The van der Waals surface area contributed by atoms with E-state index in [-0.39, 0.29) is 5.91 Å². The molecule has 4 heteroatoms. The van der Waals surface area contributed by atoms with E-state index in [9.17, 15) is 4.79 Å². The van der Waals surface area contributed by atoms with Crippen molar-refractivity contribution in [1.29, 1.82) is 0 Å². The number of hydrogen-bond donors (Lipinski definition) is 1. The molecule has 0 atom stereocenters. The Morgan fingerprint density at radius 1 is 1.21 bits per heavy atom. The normalized spacial score (nSPS) is 10.3. The standard InChI is InChI=1S/C15H25N3O/c1-4-11-18(12-7-10-15(19)17(2)3)14-9-6-5-8-13(14)16/h5-6,8-9H,4,7,10-12,16H2,1-3H3. The number of benzene rings is 1. The second kappa shape index (κ2) is 7.67. The van der Waals surface area contributed by atoms with E-state index in [4.69, 9.17) is 5.73 Å². The number of nitrogen functional groups attached to an aromatic ring is 1. The number of anilines is 2. The molecule has 1 rings (SSSR count). The minimum Gasteiger partial charge on any atom is -0.397 e. The van der Waals surface area contributed by atoms with E-state index in [2.05, 4.69) is 11.8 Å². The summed E-state index contributed by atoms with van der Waals surface area (Å²) < 4.78 is 0. The molecule has 0 radical (unpaired) electrons. The summed E-state index contributed by atoms with van der Waals surface area (Å²) in [6.45, 7) is 3.98. The van der Waals surface area contributed by atoms with Gasteiger partial charge in [0, 0.05) is 33.6 Å². The summed E-state index contributed by atoms with van der Waals surface area (Å²) in [7, 11) is 3.59. The smallest absolute Gasteiger partial charge is 0.222 e. The Labute approximate surface area is 116 Å². The summed E-state index contributed by atoms with van der Waals surface area (Å²) in [5, 5.41) is 0. The van der Waals surface area contributed by atoms with Crippen molar-refractivity contribution in [3.05, 3.63) is 24.3 Å². The summed E-state index contributed by atoms with van der Waals surface area (Å²) in [4.78, 5) is 15.5. The number of hydrogen-bond acceptors (Lipinski definition) is 3. The molecule has 2 N–H and O–H groups in total. The van der Waals surface area contributed by atoms with Crippen LogP contribution in [0.3, 0.4) is 0 Å². The van der Waals surface area contributed by atoms with Gasteiger partial charge in [-0.25, -0.2) is 0 Å². The highest BCUT2D eigenvalue weighted by Crippen LogP contribution is 2.23. The van der Waals surface area contributed by atoms with Gasteiger partial charge in [-0.05, 0) is 25.0 Å². The van der Waals surface area contributed by atoms with E-state index < -0.39 is 0 Å². The fourth-order valence-corrected chi connectivity index (χ4v) is 2.04. The molecule has 0 aliphatic carbocycles. The first kappa shape index (κ1) is 15.3. The zero-order valence-corrected chi connectivity index (χ0v) is 12.2. The largest absolute Gasteiger partial charge is 0.397 e. The van der Waals surface area contributed by atoms with Crippen molar-refractivity contribution in [1.82, 2.24) is 4.90 Å². The van der Waals surface area contributed by atoms with Crippen LogP contribution < -0.4 is 10.6 Å². The van der Waals surface area contributed by atoms with Crippen LogP contribution in [-0.2, 0) is 4.79 Å². The van der Waals surface area contributed by atoms with Crippen molar-refractivity contribution >= 4 is 17.3 Å². The highest BCUT2D eigenvalue weighted by Gasteiger charge is 2.10. The minimum atomic E-state index is 0.178. The maximum absolute atomic E-state index is 11.6. The quantitative estimate of drug-likeness (QED) is 0.768. The molecule has 0 saturated carbocycles. The van der Waals surface area contributed by atoms with Gasteiger partial charge < -0.3 is 15.5 Å². The molecular formula is C15H25N3O. The van der Waals surface area contributed by atoms with Crippen LogP contribution in [0.1, 0.15) is 26.2 Å². The monoisotopic (exact) mass is 263 g/mol. The second-order valence-electron chi connectivity index (χ2n) is 4.94. The van der Waals surface area contributed by atoms with Gasteiger partial charge in [0.05, 0.1) is 11.4 Å². The van der Waals surface area contributed by atoms with Crippen molar-refractivity contribution in [3.63, 3.8) is 0 Å². The van der Waals surface area contributed by atoms with Crippen molar-refractivity contribution in [2.45, 2.75) is 26.2 Å². The van der Waals surface area contributed by atoms with Crippen LogP contribution in [0.2, 0.25) is 0 Å². The predicted molar refractivity (Wildman–Crippen MR) is 81.3 cm³/mol. The van der Waals surface area contributed by atoms with Crippen LogP contribution in [0.15, 0.2) is 24.3 Å². The number of carbonyl (C=O) groups excluding carboxylic acids is 1. The number of rotatable bonds is 7. The molecule has 0 bridgehead atoms. The van der Waals surface area contributed by atoms with E-state index >= 15 is 0 Å². The van der Waals surface area contributed by atoms with Crippen LogP contribution in [0.4, 0.5) is 11.4 Å². The average molecular weight is 263 g/mol. The molecule has 0 spiro atoms. The molecule has 19 heavy (non-hydrogen) atoms. The maximum atomic E-state index is 11.6. The molecule has 0 saturated heterocycles. The van der Waals surface area contributed by atoms with Gasteiger partial charge in [0.25, 0.3) is 0 Å². The Balaban J connectivity index is 2.59. The van der Waals surface area contributed by atoms with Gasteiger partial charge in [0.15, 0.2) is 0 Å². The maximum Gasteiger partial charge on any atom is 0.222 e. The van der Waals surface area contributed by atoms with Crippen molar-refractivity contribution in [3.8, 4) is 0 Å². The molecular weight excluding hydrogens is 238 g/mol. The van der Waals surface area contributed by atoms with Crippen LogP contribution in [0.25, 0.3) is 0 Å². The number of amides is 1. The highest BCUT2D eigenvalue weighted by atomic mass is 16.2. The lowest BCUT2D eigenvalue weighted by molar-refractivity contribution is -0.128.